The van der Waals surface area contributed by atoms with E-state index in [0.717, 1.165) is 39.5 Å². The molecular weight excluding hydrogens is 1130 g/mol. The molecule has 5 N–H and O–H groups in total. The standard InChI is InChI=1S/C55H64F10N10O9/c1-51(2,3)84-50(81)75-35-17-18-36(75)27-72(26-35)42-19-16-32(23-66-42)15-12-30-10-13-31(14-11-30)20-40(68-45(77)43(69-48(79)82-8)52(4,5)54(60,61)62)41(76)29-73(71-46(78)44(70-49(80)83-9)53(6,7)55(63,64)65)28-37-38(56)21-33(22-39(37)57)34-24-67-74(25-34)47(58)59/h10-11,13-14,16,19,21-25,35-36,40-41,43-44,47,76H,17-18,20,26-29H2,1-9H3,(H,68,77)(H,69,79)(H,70,80)(H,71,78)/t35?,36?,40-,41-,43+,44+/m0/s1. The maximum absolute atomic E-state index is 16.1. The third kappa shape index (κ3) is 15.9. The maximum Gasteiger partial charge on any atom is 0.410 e. The highest BCUT2D eigenvalue weighted by Gasteiger charge is 2.57. The van der Waals surface area contributed by atoms with Crippen molar-refractivity contribution in [1.29, 1.82) is 0 Å². The summed E-state index contributed by atoms with van der Waals surface area (Å²) >= 11 is 0. The molecule has 4 aromatic rings. The van der Waals surface area contributed by atoms with E-state index in [9.17, 15) is 64.2 Å². The molecule has 2 saturated heterocycles. The van der Waals surface area contributed by atoms with Gasteiger partial charge < -0.3 is 40.2 Å². The van der Waals surface area contributed by atoms with E-state index in [4.69, 9.17) is 4.74 Å². The van der Waals surface area contributed by atoms with E-state index in [0.29, 0.717) is 74.9 Å². The first kappa shape index (κ1) is 65.3. The molecule has 6 atom stereocenters. The van der Waals surface area contributed by atoms with Crippen LogP contribution in [0.4, 0.5) is 64.1 Å². The van der Waals surface area contributed by atoms with Crippen LogP contribution in [0.3, 0.4) is 0 Å². The SMILES string of the molecule is COC(=O)N[C@H](C(=O)N[C@@H](Cc1ccc(C#Cc2ccc(N3CC4CCC(C3)N4C(=O)OC(C)(C)C)nc2)cc1)[C@@H](O)CN(Cc1c(F)cc(-c2cnn(C(F)F)c2)cc1F)NC(=O)[C@@H](NC(=O)OC)C(C)(C)C(F)(F)F)C(C)(C)C(F)(F)F. The number of alkyl carbamates (subject to hydrolysis) is 2. The number of hydrazine groups is 1. The van der Waals surface area contributed by atoms with Gasteiger partial charge in [-0.2, -0.15) is 40.2 Å². The van der Waals surface area contributed by atoms with Crippen molar-refractivity contribution in [2.45, 2.75) is 135 Å². The molecule has 0 aliphatic carbocycles. The molecule has 2 bridgehead atoms. The lowest BCUT2D eigenvalue weighted by Gasteiger charge is -2.41. The average molecular weight is 1200 g/mol. The fraction of sp³-hybridized carbons (Fsp3) is 0.509. The van der Waals surface area contributed by atoms with Crippen molar-refractivity contribution in [3.63, 3.8) is 0 Å². The predicted octanol–water partition coefficient (Wildman–Crippen LogP) is 8.15. The van der Waals surface area contributed by atoms with Gasteiger partial charge in [-0.3, -0.25) is 19.9 Å². The van der Waals surface area contributed by atoms with Gasteiger partial charge in [-0.15, -0.1) is 0 Å². The molecule has 2 fully saturated rings. The molecule has 0 radical (unpaired) electrons. The Morgan fingerprint density at radius 2 is 1.26 bits per heavy atom. The summed E-state index contributed by atoms with van der Waals surface area (Å²) in [5, 5.41) is 21.9. The van der Waals surface area contributed by atoms with Gasteiger partial charge in [-0.1, -0.05) is 24.0 Å². The van der Waals surface area contributed by atoms with Gasteiger partial charge in [0, 0.05) is 60.8 Å². The predicted molar refractivity (Wildman–Crippen MR) is 281 cm³/mol. The van der Waals surface area contributed by atoms with Gasteiger partial charge in [0.05, 0.1) is 55.5 Å². The molecule has 19 nitrogen and oxygen atoms in total. The highest BCUT2D eigenvalue weighted by Crippen LogP contribution is 2.42. The van der Waals surface area contributed by atoms with Crippen LogP contribution >= 0.6 is 0 Å². The zero-order chi connectivity index (χ0) is 62.4. The Labute approximate surface area is 476 Å². The Hall–Kier alpha value is -7.87. The molecule has 2 aromatic carbocycles. The van der Waals surface area contributed by atoms with Gasteiger partial charge in [-0.05, 0) is 115 Å². The molecule has 5 amide bonds. The lowest BCUT2D eigenvalue weighted by atomic mass is 9.82. The number of alkyl halides is 8. The van der Waals surface area contributed by atoms with Gasteiger partial charge in [-0.25, -0.2) is 37.8 Å². The Balaban J connectivity index is 1.31. The topological polar surface area (TPSA) is 222 Å². The summed E-state index contributed by atoms with van der Waals surface area (Å²) in [4.78, 5) is 74.4. The lowest BCUT2D eigenvalue weighted by molar-refractivity contribution is -0.221. The number of benzene rings is 2. The van der Waals surface area contributed by atoms with E-state index in [1.54, 1.807) is 28.5 Å². The summed E-state index contributed by atoms with van der Waals surface area (Å²) in [5.41, 5.74) is -5.06. The molecule has 6 rings (SSSR count). The summed E-state index contributed by atoms with van der Waals surface area (Å²) in [5.74, 6) is 0.547. The Morgan fingerprint density at radius 3 is 1.74 bits per heavy atom. The van der Waals surface area contributed by atoms with E-state index in [2.05, 4.69) is 41.6 Å². The number of halogens is 10. The Bertz CT molecular complexity index is 3030. The number of fused-ring (bicyclic) bond motifs is 2. The van der Waals surface area contributed by atoms with E-state index >= 15 is 8.78 Å². The monoisotopic (exact) mass is 1200 g/mol. The summed E-state index contributed by atoms with van der Waals surface area (Å²) in [6.07, 6.45) is -11.6. The summed E-state index contributed by atoms with van der Waals surface area (Å²) in [6, 6.07) is 3.91. The van der Waals surface area contributed by atoms with Crippen LogP contribution in [-0.4, -0.2) is 148 Å². The van der Waals surface area contributed by atoms with Crippen LogP contribution < -0.4 is 26.3 Å². The van der Waals surface area contributed by atoms with Crippen LogP contribution in [0.1, 0.15) is 90.1 Å². The second-order valence-corrected chi connectivity index (χ2v) is 22.3. The minimum Gasteiger partial charge on any atom is -0.453 e. The van der Waals surface area contributed by atoms with Crippen LogP contribution in [0.5, 0.6) is 0 Å². The van der Waals surface area contributed by atoms with Crippen LogP contribution in [0, 0.1) is 34.3 Å². The maximum atomic E-state index is 16.1. The molecular formula is C55H64F10N10O9. The third-order valence-corrected chi connectivity index (χ3v) is 14.3. The van der Waals surface area contributed by atoms with Gasteiger partial charge in [0.2, 0.25) is 5.91 Å². The quantitative estimate of drug-likeness (QED) is 0.0275. The first-order valence-corrected chi connectivity index (χ1v) is 26.0. The number of ether oxygens (including phenoxy) is 3. The van der Waals surface area contributed by atoms with E-state index in [-0.39, 0.29) is 39.5 Å². The van der Waals surface area contributed by atoms with Crippen LogP contribution in [0.2, 0.25) is 0 Å². The van der Waals surface area contributed by atoms with E-state index in [1.807, 2.05) is 31.5 Å². The second kappa shape index (κ2) is 26.0. The lowest BCUT2D eigenvalue weighted by Crippen LogP contribution is -2.63. The zero-order valence-electron chi connectivity index (χ0n) is 47.0. The molecule has 0 spiro atoms. The smallest absolute Gasteiger partial charge is 0.410 e. The number of anilines is 1. The van der Waals surface area contributed by atoms with Crippen molar-refractivity contribution >= 4 is 35.9 Å². The number of carbonyl (C=O) groups excluding carboxylic acids is 5. The fourth-order valence-corrected chi connectivity index (χ4v) is 9.28. The number of aromatic nitrogens is 3. The number of nitrogens with one attached hydrogen (secondary N) is 4. The average Bonchev–Trinajstić information content (AvgIpc) is 2.31. The number of nitrogens with zero attached hydrogens (tertiary/aromatic N) is 6. The minimum atomic E-state index is -5.24. The molecule has 2 unspecified atom stereocenters. The van der Waals surface area contributed by atoms with E-state index < -0.39 is 120 Å². The van der Waals surface area contributed by atoms with Crippen molar-refractivity contribution in [2.24, 2.45) is 10.8 Å². The first-order valence-electron chi connectivity index (χ1n) is 26.0. The van der Waals surface area contributed by atoms with Gasteiger partial charge in [0.25, 0.3) is 5.91 Å². The van der Waals surface area contributed by atoms with Gasteiger partial charge >= 0.3 is 37.2 Å². The number of piperazine rings is 1. The van der Waals surface area contributed by atoms with Crippen LogP contribution in [0.25, 0.3) is 11.1 Å². The Morgan fingerprint density at radius 1 is 0.738 bits per heavy atom. The number of pyridine rings is 1. The van der Waals surface area contributed by atoms with Crippen molar-refractivity contribution in [3.05, 3.63) is 101 Å². The van der Waals surface area contributed by atoms with Crippen molar-refractivity contribution in [3.8, 4) is 23.0 Å². The van der Waals surface area contributed by atoms with Crippen LogP contribution in [0.15, 0.2) is 67.1 Å². The number of aliphatic hydroxyl groups is 1. The number of methoxy groups -OCH3 is 2. The third-order valence-electron chi connectivity index (χ3n) is 14.3. The van der Waals surface area contributed by atoms with Gasteiger partial charge in [0.15, 0.2) is 0 Å². The summed E-state index contributed by atoms with van der Waals surface area (Å²) in [7, 11) is 1.59. The molecule has 2 aliphatic rings. The first-order chi connectivity index (χ1) is 39.0. The number of rotatable bonds is 18. The molecule has 2 aromatic heterocycles. The number of hydrogen-bond acceptors (Lipinski definition) is 13. The summed E-state index contributed by atoms with van der Waals surface area (Å²) < 4.78 is 161. The normalized spacial score (nSPS) is 17.1. The minimum absolute atomic E-state index is 0.0575. The number of carbonyl (C=O) groups is 5. The molecule has 29 heteroatoms. The number of hydrogen-bond donors (Lipinski definition) is 5. The van der Waals surface area contributed by atoms with Crippen molar-refractivity contribution in [1.82, 2.24) is 46.0 Å². The number of amides is 5. The van der Waals surface area contributed by atoms with Crippen molar-refractivity contribution in [2.75, 3.05) is 38.8 Å². The fourth-order valence-electron chi connectivity index (χ4n) is 9.28. The molecule has 0 saturated carbocycles. The highest BCUT2D eigenvalue weighted by atomic mass is 19.4. The molecule has 458 valence electrons. The summed E-state index contributed by atoms with van der Waals surface area (Å²) in [6.45, 7) is 3.32. The van der Waals surface area contributed by atoms with Crippen molar-refractivity contribution < 1.29 is 87.2 Å². The zero-order valence-corrected chi connectivity index (χ0v) is 47.0. The van der Waals surface area contributed by atoms with E-state index in [1.165, 1.54) is 24.3 Å². The largest absolute Gasteiger partial charge is 0.453 e. The van der Waals surface area contributed by atoms with Crippen LogP contribution in [-0.2, 0) is 36.8 Å². The molecule has 2 aliphatic heterocycles. The van der Waals surface area contributed by atoms with Gasteiger partial charge in [0.1, 0.15) is 35.1 Å². The Kier molecular flexibility index (Phi) is 20.2. The second-order valence-electron chi connectivity index (χ2n) is 22.3. The molecule has 4 heterocycles. The highest BCUT2D eigenvalue weighted by molar-refractivity contribution is 5.87. The molecule has 84 heavy (non-hydrogen) atoms. The number of aliphatic hydroxyl groups excluding tert-OH is 1.